The minimum absolute atomic E-state index is 0.566. The molecule has 0 aliphatic carbocycles. The highest BCUT2D eigenvalue weighted by Crippen LogP contribution is 2.39. The van der Waals surface area contributed by atoms with Crippen molar-refractivity contribution in [2.45, 2.75) is 38.5 Å². The summed E-state index contributed by atoms with van der Waals surface area (Å²) in [5.74, 6) is 1.13. The van der Waals surface area contributed by atoms with E-state index in [0.29, 0.717) is 11.8 Å². The molecule has 0 aromatic heterocycles. The van der Waals surface area contributed by atoms with E-state index in [1.54, 1.807) is 0 Å². The largest absolute Gasteiger partial charge is 0.298 e. The van der Waals surface area contributed by atoms with Crippen molar-refractivity contribution >= 4 is 11.4 Å². The molecule has 2 aromatic rings. The van der Waals surface area contributed by atoms with Crippen molar-refractivity contribution in [3.05, 3.63) is 59.7 Å². The zero-order valence-corrected chi connectivity index (χ0v) is 18.1. The normalized spacial score (nSPS) is 14.9. The van der Waals surface area contributed by atoms with Gasteiger partial charge in [0.15, 0.2) is 0 Å². The first-order chi connectivity index (χ1) is 12.1. The molecule has 0 saturated carbocycles. The van der Waals surface area contributed by atoms with Crippen LogP contribution in [0.15, 0.2) is 48.5 Å². The van der Waals surface area contributed by atoms with Crippen molar-refractivity contribution in [2.24, 2.45) is 0 Å². The van der Waals surface area contributed by atoms with Crippen molar-refractivity contribution in [1.82, 2.24) is 8.97 Å². The van der Waals surface area contributed by atoms with E-state index < -0.39 is 0 Å². The molecule has 0 fully saturated rings. The van der Waals surface area contributed by atoms with E-state index in [4.69, 9.17) is 0 Å². The second-order valence-electron chi connectivity index (χ2n) is 9.24. The highest BCUT2D eigenvalue weighted by Gasteiger charge is 2.23. The fraction of sp³-hybridized carbons (Fsp3) is 0.500. The molecule has 2 unspecified atom stereocenters. The summed E-state index contributed by atoms with van der Waals surface area (Å²) < 4.78 is 1.72. The molecule has 2 aromatic carbocycles. The van der Waals surface area contributed by atoms with Gasteiger partial charge in [0.2, 0.25) is 0 Å². The van der Waals surface area contributed by atoms with Crippen LogP contribution in [0.5, 0.6) is 0 Å². The standard InChI is InChI=1S/C24H38N2/c1-9-23(19-11-15-21(16-12-19)25(3,4)5)24(10-2)20-13-17-22(18-14-20)26(6,7)8/h11-18,23-24H,9-10H2,1-8H3/q+2. The van der Waals surface area contributed by atoms with Crippen molar-refractivity contribution in [1.29, 1.82) is 0 Å². The molecule has 2 atom stereocenters. The Morgan fingerprint density at radius 2 is 0.808 bits per heavy atom. The lowest BCUT2D eigenvalue weighted by Gasteiger charge is -2.29. The maximum absolute atomic E-state index is 2.34. The van der Waals surface area contributed by atoms with E-state index in [0.717, 1.165) is 8.97 Å². The van der Waals surface area contributed by atoms with Crippen LogP contribution in [0.1, 0.15) is 49.7 Å². The second-order valence-corrected chi connectivity index (χ2v) is 9.24. The van der Waals surface area contributed by atoms with Crippen LogP contribution in [-0.2, 0) is 0 Å². The maximum atomic E-state index is 2.34. The Morgan fingerprint density at radius 3 is 1.00 bits per heavy atom. The van der Waals surface area contributed by atoms with Gasteiger partial charge in [0.05, 0.1) is 42.3 Å². The third-order valence-corrected chi connectivity index (χ3v) is 5.56. The topological polar surface area (TPSA) is 0 Å². The molecule has 0 heterocycles. The van der Waals surface area contributed by atoms with Gasteiger partial charge in [-0.15, -0.1) is 0 Å². The van der Waals surface area contributed by atoms with Gasteiger partial charge >= 0.3 is 0 Å². The molecular weight excluding hydrogens is 316 g/mol. The average Bonchev–Trinajstić information content (AvgIpc) is 2.58. The Bertz CT molecular complexity index is 621. The Labute approximate surface area is 161 Å². The molecule has 2 rings (SSSR count). The average molecular weight is 355 g/mol. The Balaban J connectivity index is 2.31. The van der Waals surface area contributed by atoms with Crippen LogP contribution >= 0.6 is 0 Å². The molecule has 0 aliphatic heterocycles. The van der Waals surface area contributed by atoms with Crippen molar-refractivity contribution in [3.63, 3.8) is 0 Å². The summed E-state index contributed by atoms with van der Waals surface area (Å²) in [6.07, 6.45) is 2.33. The summed E-state index contributed by atoms with van der Waals surface area (Å²) in [4.78, 5) is 0. The first-order valence-corrected chi connectivity index (χ1v) is 9.91. The zero-order valence-electron chi connectivity index (χ0n) is 18.1. The smallest absolute Gasteiger partial charge is 0.132 e. The van der Waals surface area contributed by atoms with Gasteiger partial charge in [-0.05, 0) is 60.1 Å². The van der Waals surface area contributed by atoms with Crippen LogP contribution in [0.25, 0.3) is 0 Å². The van der Waals surface area contributed by atoms with Crippen LogP contribution in [0.2, 0.25) is 0 Å². The molecular formula is C24H38N2+2. The van der Waals surface area contributed by atoms with Gasteiger partial charge in [0, 0.05) is 0 Å². The summed E-state index contributed by atoms with van der Waals surface area (Å²) in [5.41, 5.74) is 5.63. The van der Waals surface area contributed by atoms with Gasteiger partial charge in [-0.25, -0.2) is 0 Å². The SMILES string of the molecule is CCC(c1ccc([N+](C)(C)C)cc1)C(CC)c1ccc([N+](C)(C)C)cc1. The van der Waals surface area contributed by atoms with Gasteiger partial charge < -0.3 is 0 Å². The first-order valence-electron chi connectivity index (χ1n) is 9.91. The molecule has 0 spiro atoms. The van der Waals surface area contributed by atoms with Crippen LogP contribution in [0.4, 0.5) is 11.4 Å². The van der Waals surface area contributed by atoms with E-state index in [1.807, 2.05) is 0 Å². The first kappa shape index (κ1) is 20.7. The van der Waals surface area contributed by atoms with Crippen molar-refractivity contribution in [2.75, 3.05) is 42.3 Å². The molecule has 142 valence electrons. The fourth-order valence-corrected chi connectivity index (χ4v) is 3.84. The van der Waals surface area contributed by atoms with E-state index in [1.165, 1.54) is 35.3 Å². The Kier molecular flexibility index (Phi) is 6.31. The molecule has 0 N–H and O–H groups in total. The molecule has 0 amide bonds. The van der Waals surface area contributed by atoms with Gasteiger partial charge in [0.25, 0.3) is 0 Å². The Morgan fingerprint density at radius 1 is 0.538 bits per heavy atom. The summed E-state index contributed by atoms with van der Waals surface area (Å²) in [5, 5.41) is 0. The lowest BCUT2D eigenvalue weighted by Crippen LogP contribution is -2.34. The number of quaternary nitrogens is 2. The molecule has 0 saturated heterocycles. The van der Waals surface area contributed by atoms with Gasteiger partial charge in [-0.2, -0.15) is 0 Å². The maximum Gasteiger partial charge on any atom is 0.132 e. The summed E-state index contributed by atoms with van der Waals surface area (Å²) >= 11 is 0. The minimum Gasteiger partial charge on any atom is -0.298 e. The fourth-order valence-electron chi connectivity index (χ4n) is 3.84. The number of benzene rings is 2. The lowest BCUT2D eigenvalue weighted by atomic mass is 9.78. The number of hydrogen-bond acceptors (Lipinski definition) is 0. The van der Waals surface area contributed by atoms with E-state index in [-0.39, 0.29) is 0 Å². The molecule has 0 bridgehead atoms. The van der Waals surface area contributed by atoms with Gasteiger partial charge in [-0.1, -0.05) is 38.1 Å². The van der Waals surface area contributed by atoms with Gasteiger partial charge in [-0.3, -0.25) is 8.97 Å². The third kappa shape index (κ3) is 4.75. The van der Waals surface area contributed by atoms with Crippen LogP contribution in [-0.4, -0.2) is 42.3 Å². The molecule has 2 nitrogen and oxygen atoms in total. The van der Waals surface area contributed by atoms with E-state index in [9.17, 15) is 0 Å². The summed E-state index contributed by atoms with van der Waals surface area (Å²) in [7, 11) is 13.3. The highest BCUT2D eigenvalue weighted by molar-refractivity contribution is 5.46. The number of rotatable bonds is 7. The van der Waals surface area contributed by atoms with Crippen molar-refractivity contribution in [3.8, 4) is 0 Å². The number of nitrogens with zero attached hydrogens (tertiary/aromatic N) is 2. The Hall–Kier alpha value is -1.64. The second kappa shape index (κ2) is 7.94. The molecule has 26 heavy (non-hydrogen) atoms. The number of hydrogen-bond donors (Lipinski definition) is 0. The predicted octanol–water partition coefficient (Wildman–Crippen LogP) is 5.77. The summed E-state index contributed by atoms with van der Waals surface area (Å²) in [6.45, 7) is 4.64. The molecule has 2 heteroatoms. The van der Waals surface area contributed by atoms with Crippen molar-refractivity contribution < 1.29 is 0 Å². The van der Waals surface area contributed by atoms with Crippen LogP contribution < -0.4 is 8.97 Å². The minimum atomic E-state index is 0.566. The zero-order chi connectivity index (χ0) is 19.5. The summed E-state index contributed by atoms with van der Waals surface area (Å²) in [6, 6.07) is 18.6. The molecule has 0 aliphatic rings. The van der Waals surface area contributed by atoms with Crippen LogP contribution in [0, 0.1) is 0 Å². The third-order valence-electron chi connectivity index (χ3n) is 5.56. The van der Waals surface area contributed by atoms with E-state index in [2.05, 4.69) is 105 Å². The van der Waals surface area contributed by atoms with Crippen LogP contribution in [0.3, 0.4) is 0 Å². The van der Waals surface area contributed by atoms with Gasteiger partial charge in [0.1, 0.15) is 11.4 Å². The highest BCUT2D eigenvalue weighted by atomic mass is 15.3. The quantitative estimate of drug-likeness (QED) is 0.554. The lowest BCUT2D eigenvalue weighted by molar-refractivity contribution is 0.482. The van der Waals surface area contributed by atoms with E-state index >= 15 is 0 Å². The predicted molar refractivity (Wildman–Crippen MR) is 118 cm³/mol. The monoisotopic (exact) mass is 354 g/mol. The molecule has 0 radical (unpaired) electrons.